The minimum atomic E-state index is -0.875. The van der Waals surface area contributed by atoms with Gasteiger partial charge in [0.15, 0.2) is 6.10 Å². The van der Waals surface area contributed by atoms with Gasteiger partial charge in [-0.2, -0.15) is 0 Å². The third-order valence-corrected chi connectivity index (χ3v) is 14.5. The lowest BCUT2D eigenvalue weighted by molar-refractivity contribution is -0.166. The Morgan fingerprint density at radius 2 is 0.481 bits per heavy atom. The molecule has 0 aromatic rings. The molecule has 0 fully saturated rings. The molecule has 0 N–H and O–H groups in total. The van der Waals surface area contributed by atoms with Gasteiger partial charge >= 0.3 is 17.9 Å². The SMILES string of the molecule is CC/C=C\C/C=C\C/C=C\C/C=C\C/C=C\CC(=O)OCC(COC(=O)CCCCCCCCCCCCCCCCCCCCCCCCCCCCCCCCCCC)OC(=O)C/C=C\C/C=C\C/C=C\C/C=C\C/C=C\CC. The van der Waals surface area contributed by atoms with E-state index >= 15 is 0 Å². The molecular weight excluding hydrogens is 997 g/mol. The Bertz CT molecular complexity index is 1670. The minimum Gasteiger partial charge on any atom is -0.462 e. The summed E-state index contributed by atoms with van der Waals surface area (Å²) in [5.74, 6) is -1.21. The Morgan fingerprint density at radius 3 is 0.753 bits per heavy atom. The zero-order valence-electron chi connectivity index (χ0n) is 53.0. The molecule has 0 radical (unpaired) electrons. The topological polar surface area (TPSA) is 78.9 Å². The second kappa shape index (κ2) is 68.3. The maximum absolute atomic E-state index is 12.8. The van der Waals surface area contributed by atoms with Gasteiger partial charge in [-0.1, -0.05) is 348 Å². The van der Waals surface area contributed by atoms with Crippen molar-refractivity contribution in [2.24, 2.45) is 0 Å². The standard InChI is InChI=1S/C75H126O6/c1-4-7-10-13-16-19-22-25-28-29-30-31-32-33-34-35-36-37-38-39-40-41-42-43-44-45-48-50-53-56-59-62-65-68-74(77)80-71-72(81-75(78)69-66-63-60-57-54-51-47-27-24-21-18-15-12-9-6-3)70-79-73(76)67-64-61-58-55-52-49-46-26-23-20-17-14-11-8-5-2/h8-9,11-12,17-18,20-21,26-27,46-47,52,54-55,57,61,63-64,66,72H,4-7,10,13-16,19,22-25,28-45,48-51,53,56,58-60,62,65,67-71H2,1-3H3/b11-8-,12-9-,20-17-,21-18-,46-26-,47-27-,55-52-,57-54-,64-61-,66-63-. The summed E-state index contributed by atoms with van der Waals surface area (Å²) in [6.07, 6.45) is 96.0. The summed E-state index contributed by atoms with van der Waals surface area (Å²) in [6.45, 7) is 6.26. The first-order valence-corrected chi connectivity index (χ1v) is 34.0. The maximum Gasteiger partial charge on any atom is 0.310 e. The molecule has 1 unspecified atom stereocenters. The fraction of sp³-hybridized carbons (Fsp3) is 0.693. The van der Waals surface area contributed by atoms with Crippen molar-refractivity contribution >= 4 is 17.9 Å². The third kappa shape index (κ3) is 66.5. The minimum absolute atomic E-state index is 0.0751. The summed E-state index contributed by atoms with van der Waals surface area (Å²) in [4.78, 5) is 38.1. The molecule has 6 heteroatoms. The third-order valence-electron chi connectivity index (χ3n) is 14.5. The zero-order valence-corrected chi connectivity index (χ0v) is 53.0. The summed E-state index contributed by atoms with van der Waals surface area (Å²) in [5, 5.41) is 0. The molecule has 0 aliphatic carbocycles. The van der Waals surface area contributed by atoms with Gasteiger partial charge in [0, 0.05) is 6.42 Å². The van der Waals surface area contributed by atoms with E-state index in [9.17, 15) is 14.4 Å². The number of rotatable bonds is 61. The van der Waals surface area contributed by atoms with Crippen LogP contribution in [0.1, 0.15) is 316 Å². The lowest BCUT2D eigenvalue weighted by Gasteiger charge is -2.17. The number of esters is 3. The van der Waals surface area contributed by atoms with E-state index in [0.717, 1.165) is 77.0 Å². The van der Waals surface area contributed by atoms with E-state index in [2.05, 4.69) is 118 Å². The molecule has 0 amide bonds. The van der Waals surface area contributed by atoms with Crippen LogP contribution in [0.2, 0.25) is 0 Å². The Kier molecular flexibility index (Phi) is 64.8. The van der Waals surface area contributed by atoms with Crippen molar-refractivity contribution in [2.75, 3.05) is 13.2 Å². The molecule has 0 spiro atoms. The van der Waals surface area contributed by atoms with Gasteiger partial charge in [0.05, 0.1) is 12.8 Å². The second-order valence-corrected chi connectivity index (χ2v) is 22.4. The first-order chi connectivity index (χ1) is 40.0. The fourth-order valence-corrected chi connectivity index (χ4v) is 9.54. The summed E-state index contributed by atoms with van der Waals surface area (Å²) >= 11 is 0. The maximum atomic E-state index is 12.8. The van der Waals surface area contributed by atoms with Gasteiger partial charge in [-0.15, -0.1) is 0 Å². The number of carbonyl (C=O) groups is 3. The normalized spacial score (nSPS) is 12.9. The monoisotopic (exact) mass is 1120 g/mol. The molecule has 0 aromatic carbocycles. The number of hydrogen-bond acceptors (Lipinski definition) is 6. The second-order valence-electron chi connectivity index (χ2n) is 22.4. The van der Waals surface area contributed by atoms with Crippen molar-refractivity contribution in [1.82, 2.24) is 0 Å². The van der Waals surface area contributed by atoms with Crippen LogP contribution < -0.4 is 0 Å². The predicted molar refractivity (Wildman–Crippen MR) is 353 cm³/mol. The average Bonchev–Trinajstić information content (AvgIpc) is 3.47. The van der Waals surface area contributed by atoms with Crippen LogP contribution >= 0.6 is 0 Å². The molecule has 0 saturated carbocycles. The van der Waals surface area contributed by atoms with E-state index in [-0.39, 0.29) is 32.0 Å². The molecule has 0 bridgehead atoms. The Morgan fingerprint density at radius 1 is 0.259 bits per heavy atom. The first kappa shape index (κ1) is 76.8. The van der Waals surface area contributed by atoms with E-state index in [0.29, 0.717) is 12.8 Å². The van der Waals surface area contributed by atoms with Crippen LogP contribution in [0.4, 0.5) is 0 Å². The van der Waals surface area contributed by atoms with Gasteiger partial charge < -0.3 is 14.2 Å². The van der Waals surface area contributed by atoms with Crippen LogP contribution in [0.15, 0.2) is 122 Å². The first-order valence-electron chi connectivity index (χ1n) is 34.0. The number of allylic oxidation sites excluding steroid dienone is 18. The predicted octanol–water partition coefficient (Wildman–Crippen LogP) is 23.6. The molecule has 0 aliphatic rings. The molecule has 0 heterocycles. The van der Waals surface area contributed by atoms with Crippen molar-refractivity contribution in [3.63, 3.8) is 0 Å². The van der Waals surface area contributed by atoms with Crippen LogP contribution in [-0.4, -0.2) is 37.2 Å². The molecule has 0 aliphatic heterocycles. The zero-order chi connectivity index (χ0) is 58.5. The highest BCUT2D eigenvalue weighted by molar-refractivity contribution is 5.72. The van der Waals surface area contributed by atoms with E-state index in [1.54, 1.807) is 12.2 Å². The van der Waals surface area contributed by atoms with Gasteiger partial charge in [-0.05, 0) is 70.6 Å². The summed E-state index contributed by atoms with van der Waals surface area (Å²) in [6, 6.07) is 0. The smallest absolute Gasteiger partial charge is 0.310 e. The highest BCUT2D eigenvalue weighted by Crippen LogP contribution is 2.18. The van der Waals surface area contributed by atoms with Gasteiger partial charge in [0.2, 0.25) is 0 Å². The highest BCUT2D eigenvalue weighted by atomic mass is 16.6. The average molecular weight is 1120 g/mol. The highest BCUT2D eigenvalue weighted by Gasteiger charge is 2.19. The summed E-state index contributed by atoms with van der Waals surface area (Å²) in [7, 11) is 0. The van der Waals surface area contributed by atoms with Crippen LogP contribution in [0.3, 0.4) is 0 Å². The fourth-order valence-electron chi connectivity index (χ4n) is 9.54. The van der Waals surface area contributed by atoms with Gasteiger partial charge in [0.1, 0.15) is 13.2 Å². The van der Waals surface area contributed by atoms with Crippen LogP contribution in [0, 0.1) is 0 Å². The summed E-state index contributed by atoms with van der Waals surface area (Å²) in [5.41, 5.74) is 0. The van der Waals surface area contributed by atoms with Gasteiger partial charge in [-0.25, -0.2) is 0 Å². The molecule has 81 heavy (non-hydrogen) atoms. The molecule has 0 saturated heterocycles. The van der Waals surface area contributed by atoms with Crippen molar-refractivity contribution in [1.29, 1.82) is 0 Å². The largest absolute Gasteiger partial charge is 0.462 e. The molecule has 462 valence electrons. The molecule has 6 nitrogen and oxygen atoms in total. The Hall–Kier alpha value is -4.19. The molecular formula is C75H126O6. The van der Waals surface area contributed by atoms with Crippen LogP contribution in [-0.2, 0) is 28.6 Å². The number of hydrogen-bond donors (Lipinski definition) is 0. The molecule has 0 aromatic heterocycles. The molecule has 0 rings (SSSR count). The van der Waals surface area contributed by atoms with Gasteiger partial charge in [0.25, 0.3) is 0 Å². The van der Waals surface area contributed by atoms with E-state index in [1.807, 2.05) is 12.2 Å². The van der Waals surface area contributed by atoms with Crippen molar-refractivity contribution < 1.29 is 28.6 Å². The number of carbonyl (C=O) groups excluding carboxylic acids is 3. The van der Waals surface area contributed by atoms with Crippen LogP contribution in [0.25, 0.3) is 0 Å². The number of unbranched alkanes of at least 4 members (excludes halogenated alkanes) is 32. The Balaban J connectivity index is 4.24. The lowest BCUT2D eigenvalue weighted by Crippen LogP contribution is -2.30. The quantitative estimate of drug-likeness (QED) is 0.0261. The number of ether oxygens (including phenoxy) is 3. The van der Waals surface area contributed by atoms with Crippen molar-refractivity contribution in [3.05, 3.63) is 122 Å². The Labute approximate surface area is 501 Å². The van der Waals surface area contributed by atoms with E-state index in [1.165, 1.54) is 193 Å². The van der Waals surface area contributed by atoms with Crippen LogP contribution in [0.5, 0.6) is 0 Å². The van der Waals surface area contributed by atoms with E-state index in [4.69, 9.17) is 14.2 Å². The van der Waals surface area contributed by atoms with Crippen molar-refractivity contribution in [3.8, 4) is 0 Å². The molecule has 1 atom stereocenters. The lowest BCUT2D eigenvalue weighted by atomic mass is 10.0. The van der Waals surface area contributed by atoms with Gasteiger partial charge in [-0.3, -0.25) is 14.4 Å². The van der Waals surface area contributed by atoms with E-state index < -0.39 is 18.0 Å². The van der Waals surface area contributed by atoms with Crippen molar-refractivity contribution in [2.45, 2.75) is 322 Å². The summed E-state index contributed by atoms with van der Waals surface area (Å²) < 4.78 is 16.7.